The van der Waals surface area contributed by atoms with E-state index in [-0.39, 0.29) is 0 Å². The second-order valence-corrected chi connectivity index (χ2v) is 4.02. The maximum Gasteiger partial charge on any atom is 0.328 e. The summed E-state index contributed by atoms with van der Waals surface area (Å²) in [7, 11) is 0. The zero-order valence-corrected chi connectivity index (χ0v) is 8.13. The molecule has 0 aliphatic heterocycles. The highest BCUT2D eigenvalue weighted by Gasteiger charge is 2.35. The van der Waals surface area contributed by atoms with Crippen molar-refractivity contribution in [3.63, 3.8) is 0 Å². The SMILES string of the molecule is C=CCC1C=CC(Cl)(C(=O)O)CC1. The van der Waals surface area contributed by atoms with Gasteiger partial charge in [-0.25, -0.2) is 4.79 Å². The lowest BCUT2D eigenvalue weighted by Crippen LogP contribution is -2.32. The fourth-order valence-electron chi connectivity index (χ4n) is 1.45. The van der Waals surface area contributed by atoms with Gasteiger partial charge in [0.2, 0.25) is 0 Å². The molecule has 2 atom stereocenters. The summed E-state index contributed by atoms with van der Waals surface area (Å²) >= 11 is 5.86. The molecule has 0 saturated carbocycles. The highest BCUT2D eigenvalue weighted by atomic mass is 35.5. The molecule has 1 rings (SSSR count). The van der Waals surface area contributed by atoms with Crippen LogP contribution in [0.4, 0.5) is 0 Å². The van der Waals surface area contributed by atoms with Gasteiger partial charge in [-0.1, -0.05) is 18.2 Å². The van der Waals surface area contributed by atoms with E-state index in [0.717, 1.165) is 12.8 Å². The molecule has 0 aromatic carbocycles. The minimum Gasteiger partial charge on any atom is -0.480 e. The molecule has 0 radical (unpaired) electrons. The van der Waals surface area contributed by atoms with Crippen LogP contribution >= 0.6 is 11.6 Å². The molecule has 72 valence electrons. The Bertz CT molecular complexity index is 247. The van der Waals surface area contributed by atoms with E-state index < -0.39 is 10.8 Å². The molecule has 0 saturated heterocycles. The van der Waals surface area contributed by atoms with Crippen LogP contribution in [0.2, 0.25) is 0 Å². The van der Waals surface area contributed by atoms with Gasteiger partial charge in [-0.3, -0.25) is 0 Å². The van der Waals surface area contributed by atoms with E-state index in [1.165, 1.54) is 0 Å². The Morgan fingerprint density at radius 3 is 2.92 bits per heavy atom. The van der Waals surface area contributed by atoms with Gasteiger partial charge in [0, 0.05) is 0 Å². The molecular formula is C10H13ClO2. The van der Waals surface area contributed by atoms with E-state index in [2.05, 4.69) is 6.58 Å². The summed E-state index contributed by atoms with van der Waals surface area (Å²) in [5, 5.41) is 8.81. The van der Waals surface area contributed by atoms with Crippen LogP contribution in [0.15, 0.2) is 24.8 Å². The van der Waals surface area contributed by atoms with E-state index in [1.807, 2.05) is 12.2 Å². The van der Waals surface area contributed by atoms with Crippen molar-refractivity contribution in [2.24, 2.45) is 5.92 Å². The summed E-state index contributed by atoms with van der Waals surface area (Å²) in [6.07, 6.45) is 7.53. The van der Waals surface area contributed by atoms with Crippen LogP contribution in [0.25, 0.3) is 0 Å². The minimum atomic E-state index is -1.17. The lowest BCUT2D eigenvalue weighted by molar-refractivity contribution is -0.139. The third-order valence-corrected chi connectivity index (χ3v) is 2.81. The largest absolute Gasteiger partial charge is 0.480 e. The molecule has 0 heterocycles. The molecule has 2 nitrogen and oxygen atoms in total. The van der Waals surface area contributed by atoms with Crippen LogP contribution in [0, 0.1) is 5.92 Å². The smallest absolute Gasteiger partial charge is 0.328 e. The monoisotopic (exact) mass is 200 g/mol. The quantitative estimate of drug-likeness (QED) is 0.562. The van der Waals surface area contributed by atoms with E-state index in [1.54, 1.807) is 6.08 Å². The molecule has 2 unspecified atom stereocenters. The second-order valence-electron chi connectivity index (χ2n) is 3.35. The maximum absolute atomic E-state index is 10.7. The first-order chi connectivity index (χ1) is 6.08. The van der Waals surface area contributed by atoms with E-state index in [9.17, 15) is 4.79 Å². The molecule has 0 aromatic heterocycles. The number of carboxylic acid groups (broad SMARTS) is 1. The van der Waals surface area contributed by atoms with Gasteiger partial charge in [-0.05, 0) is 25.2 Å². The number of rotatable bonds is 3. The van der Waals surface area contributed by atoms with Crippen molar-refractivity contribution < 1.29 is 9.90 Å². The van der Waals surface area contributed by atoms with Crippen molar-refractivity contribution in [2.45, 2.75) is 24.1 Å². The Labute approximate surface area is 82.9 Å². The first kappa shape index (κ1) is 10.3. The van der Waals surface area contributed by atoms with Gasteiger partial charge < -0.3 is 5.11 Å². The van der Waals surface area contributed by atoms with Crippen LogP contribution < -0.4 is 0 Å². The van der Waals surface area contributed by atoms with Crippen molar-refractivity contribution in [1.29, 1.82) is 0 Å². The summed E-state index contributed by atoms with van der Waals surface area (Å²) in [5.74, 6) is -0.550. The number of hydrogen-bond acceptors (Lipinski definition) is 1. The molecule has 0 amide bonds. The first-order valence-corrected chi connectivity index (χ1v) is 4.69. The van der Waals surface area contributed by atoms with Crippen LogP contribution in [0.1, 0.15) is 19.3 Å². The van der Waals surface area contributed by atoms with Gasteiger partial charge >= 0.3 is 5.97 Å². The van der Waals surface area contributed by atoms with E-state index in [4.69, 9.17) is 16.7 Å². The van der Waals surface area contributed by atoms with Gasteiger partial charge in [0.15, 0.2) is 4.87 Å². The van der Waals surface area contributed by atoms with Crippen molar-refractivity contribution in [3.8, 4) is 0 Å². The van der Waals surface area contributed by atoms with Gasteiger partial charge in [-0.15, -0.1) is 18.2 Å². The molecule has 0 bridgehead atoms. The van der Waals surface area contributed by atoms with Crippen LogP contribution in [0.5, 0.6) is 0 Å². The Kier molecular flexibility index (Phi) is 3.15. The highest BCUT2D eigenvalue weighted by molar-refractivity contribution is 6.35. The summed E-state index contributed by atoms with van der Waals surface area (Å²) < 4.78 is 0. The number of aliphatic carboxylic acids is 1. The molecule has 0 aromatic rings. The zero-order chi connectivity index (χ0) is 9.90. The van der Waals surface area contributed by atoms with Gasteiger partial charge in [-0.2, -0.15) is 0 Å². The number of halogens is 1. The molecule has 1 N–H and O–H groups in total. The highest BCUT2D eigenvalue weighted by Crippen LogP contribution is 2.33. The number of allylic oxidation sites excluding steroid dienone is 2. The van der Waals surface area contributed by atoms with Gasteiger partial charge in [0.1, 0.15) is 0 Å². The van der Waals surface area contributed by atoms with Crippen molar-refractivity contribution in [2.75, 3.05) is 0 Å². The lowest BCUT2D eigenvalue weighted by atomic mass is 9.86. The summed E-state index contributed by atoms with van der Waals surface area (Å²) in [6.45, 7) is 3.64. The van der Waals surface area contributed by atoms with Crippen molar-refractivity contribution >= 4 is 17.6 Å². The third-order valence-electron chi connectivity index (χ3n) is 2.34. The normalized spacial score (nSPS) is 32.8. The molecule has 0 spiro atoms. The third kappa shape index (κ3) is 2.34. The molecule has 1 aliphatic rings. The van der Waals surface area contributed by atoms with E-state index >= 15 is 0 Å². The average molecular weight is 201 g/mol. The lowest BCUT2D eigenvalue weighted by Gasteiger charge is -2.25. The number of alkyl halides is 1. The first-order valence-electron chi connectivity index (χ1n) is 4.31. The predicted molar refractivity (Wildman–Crippen MR) is 52.9 cm³/mol. The Morgan fingerprint density at radius 2 is 2.54 bits per heavy atom. The second kappa shape index (κ2) is 3.97. The molecule has 0 fully saturated rings. The fraction of sp³-hybridized carbons (Fsp3) is 0.500. The standard InChI is InChI=1S/C10H13ClO2/c1-2-3-8-4-6-10(11,7-5-8)9(12)13/h2,4,6,8H,1,3,5,7H2,(H,12,13). The molecule has 3 heteroatoms. The predicted octanol–water partition coefficient (Wildman–Crippen LogP) is 2.59. The van der Waals surface area contributed by atoms with Gasteiger partial charge in [0.25, 0.3) is 0 Å². The van der Waals surface area contributed by atoms with Crippen LogP contribution in [-0.4, -0.2) is 16.0 Å². The Morgan fingerprint density at radius 1 is 1.85 bits per heavy atom. The summed E-state index contributed by atoms with van der Waals surface area (Å²) in [6, 6.07) is 0. The van der Waals surface area contributed by atoms with E-state index in [0.29, 0.717) is 12.3 Å². The number of hydrogen-bond donors (Lipinski definition) is 1. The number of carbonyl (C=O) groups is 1. The Hall–Kier alpha value is -0.760. The van der Waals surface area contributed by atoms with Crippen molar-refractivity contribution in [1.82, 2.24) is 0 Å². The summed E-state index contributed by atoms with van der Waals surface area (Å²) in [4.78, 5) is 9.57. The minimum absolute atomic E-state index is 0.406. The Balaban J connectivity index is 2.65. The molecular weight excluding hydrogens is 188 g/mol. The maximum atomic E-state index is 10.7. The number of carboxylic acids is 1. The average Bonchev–Trinajstić information content (AvgIpc) is 2.09. The van der Waals surface area contributed by atoms with Crippen LogP contribution in [-0.2, 0) is 4.79 Å². The molecule has 1 aliphatic carbocycles. The zero-order valence-electron chi connectivity index (χ0n) is 7.37. The molecule has 13 heavy (non-hydrogen) atoms. The van der Waals surface area contributed by atoms with Gasteiger partial charge in [0.05, 0.1) is 0 Å². The summed E-state index contributed by atoms with van der Waals surface area (Å²) in [5.41, 5.74) is 0. The fourth-order valence-corrected chi connectivity index (χ4v) is 1.63. The topological polar surface area (TPSA) is 37.3 Å². The van der Waals surface area contributed by atoms with Crippen LogP contribution in [0.3, 0.4) is 0 Å². The van der Waals surface area contributed by atoms with Crippen molar-refractivity contribution in [3.05, 3.63) is 24.8 Å².